The molecule has 1 aliphatic heterocycles. The maximum absolute atomic E-state index is 4.94. The summed E-state index contributed by atoms with van der Waals surface area (Å²) in [6.45, 7) is 8.25. The Labute approximate surface area is 161 Å². The van der Waals surface area contributed by atoms with E-state index in [0.717, 1.165) is 13.2 Å². The molecule has 1 nitrogen and oxygen atoms in total. The van der Waals surface area contributed by atoms with E-state index >= 15 is 0 Å². The molecule has 2 aliphatic carbocycles. The molecule has 0 unspecified atom stereocenters. The molecule has 0 aromatic carbocycles. The summed E-state index contributed by atoms with van der Waals surface area (Å²) in [5.41, 5.74) is 0. The molecule has 1 saturated heterocycles. The number of rotatable bonds is 0. The van der Waals surface area contributed by atoms with Gasteiger partial charge in [-0.1, -0.05) is 0 Å². The second-order valence-electron chi connectivity index (χ2n) is 4.74. The van der Waals surface area contributed by atoms with Crippen molar-refractivity contribution in [1.29, 1.82) is 0 Å². The van der Waals surface area contributed by atoms with Crippen molar-refractivity contribution in [3.05, 3.63) is 70.1 Å². The predicted molar refractivity (Wildman–Crippen MR) is 83.3 cm³/mol. The minimum Gasteiger partial charge on any atom is -0.381 e. The Bertz CT molecular complexity index is 98.1. The van der Waals surface area contributed by atoms with Gasteiger partial charge in [-0.3, -0.25) is 0 Å². The van der Waals surface area contributed by atoms with Crippen LogP contribution in [0.5, 0.6) is 0 Å². The van der Waals surface area contributed by atoms with Crippen molar-refractivity contribution < 1.29 is 45.6 Å². The van der Waals surface area contributed by atoms with Gasteiger partial charge in [-0.2, -0.15) is 20.8 Å². The summed E-state index contributed by atoms with van der Waals surface area (Å²) in [6.07, 6.45) is 22.6. The van der Waals surface area contributed by atoms with E-state index in [2.05, 4.69) is 20.8 Å². The first kappa shape index (κ1) is 23.6. The topological polar surface area (TPSA) is 9.23 Å². The van der Waals surface area contributed by atoms with Crippen LogP contribution in [0.2, 0.25) is 0 Å². The van der Waals surface area contributed by atoms with Crippen molar-refractivity contribution in [3.8, 4) is 0 Å². The quantitative estimate of drug-likeness (QED) is 0.543. The summed E-state index contributed by atoms with van der Waals surface area (Å²) in [7, 11) is 0. The maximum Gasteiger partial charge on any atom is 0.0466 e. The first-order chi connectivity index (χ1) is 9.23. The molecular weight excluding hydrogens is 376 g/mol. The molecular formula is C18H27NdO-. The van der Waals surface area contributed by atoms with Crippen LogP contribution in [0.4, 0.5) is 0 Å². The summed E-state index contributed by atoms with van der Waals surface area (Å²) < 4.78 is 4.94. The summed E-state index contributed by atoms with van der Waals surface area (Å²) in [5.74, 6) is 1.42. The van der Waals surface area contributed by atoms with Gasteiger partial charge in [0.15, 0.2) is 0 Å². The van der Waals surface area contributed by atoms with Crippen LogP contribution in [-0.2, 0) is 4.74 Å². The van der Waals surface area contributed by atoms with Gasteiger partial charge in [-0.15, -0.1) is 0 Å². The zero-order valence-electron chi connectivity index (χ0n) is 13.0. The third kappa shape index (κ3) is 24.3. The fourth-order valence-corrected chi connectivity index (χ4v) is 1.15. The first-order valence-electron chi connectivity index (χ1n) is 6.91. The molecule has 2 saturated carbocycles. The minimum absolute atomic E-state index is 0. The molecule has 0 spiro atoms. The summed E-state index contributed by atoms with van der Waals surface area (Å²) in [5, 5.41) is 0. The van der Waals surface area contributed by atoms with Crippen molar-refractivity contribution in [2.45, 2.75) is 33.6 Å². The monoisotopic (exact) mass is 401 g/mol. The van der Waals surface area contributed by atoms with E-state index in [1.165, 1.54) is 18.8 Å². The fraction of sp³-hybridized carbons (Fsp3) is 0.389. The average molecular weight is 404 g/mol. The zero-order chi connectivity index (χ0) is 14.2. The number of hydrogen-bond donors (Lipinski definition) is 0. The molecule has 20 heavy (non-hydrogen) atoms. The maximum atomic E-state index is 4.94. The van der Waals surface area contributed by atoms with Gasteiger partial charge in [0, 0.05) is 54.1 Å². The van der Waals surface area contributed by atoms with Crippen LogP contribution in [-0.4, -0.2) is 13.2 Å². The Morgan fingerprint density at radius 3 is 0.900 bits per heavy atom. The third-order valence-corrected chi connectivity index (χ3v) is 1.94. The van der Waals surface area contributed by atoms with E-state index in [4.69, 9.17) is 4.74 Å². The van der Waals surface area contributed by atoms with E-state index in [1.807, 2.05) is 64.2 Å². The van der Waals surface area contributed by atoms with Gasteiger partial charge < -0.3 is 10.7 Å². The molecule has 3 rings (SSSR count). The standard InChI is InChI=1S/2C5H5.C4H8O.C4H9.Nd/c3*1-2-4-5-3-1;1-4(2)3;/h2*1-5H;1-4H2;1-3H3;/q;;;-1;. The smallest absolute Gasteiger partial charge is 0.0466 e. The molecule has 0 bridgehead atoms. The molecule has 0 aromatic heterocycles. The average Bonchev–Trinajstić information content (AvgIpc) is 3.18. The van der Waals surface area contributed by atoms with E-state index in [0.29, 0.717) is 0 Å². The molecule has 0 amide bonds. The molecule has 0 N–H and O–H groups in total. The van der Waals surface area contributed by atoms with Crippen molar-refractivity contribution in [2.75, 3.05) is 13.2 Å². The van der Waals surface area contributed by atoms with Gasteiger partial charge in [-0.05, 0) is 77.0 Å². The number of hydrogen-bond acceptors (Lipinski definition) is 1. The molecule has 10 radical (unpaired) electrons. The molecule has 2 heteroatoms. The summed E-state index contributed by atoms with van der Waals surface area (Å²) in [6, 6.07) is 0. The Morgan fingerprint density at radius 1 is 0.600 bits per heavy atom. The number of ether oxygens (including phenoxy) is 1. The molecule has 110 valence electrons. The van der Waals surface area contributed by atoms with Gasteiger partial charge in [0.1, 0.15) is 0 Å². The van der Waals surface area contributed by atoms with E-state index in [1.54, 1.807) is 0 Å². The van der Waals surface area contributed by atoms with Gasteiger partial charge in [-0.25, -0.2) is 0 Å². The van der Waals surface area contributed by atoms with Crippen LogP contribution in [0.15, 0.2) is 0 Å². The van der Waals surface area contributed by atoms with Crippen LogP contribution < -0.4 is 0 Å². The summed E-state index contributed by atoms with van der Waals surface area (Å²) >= 11 is 0. The Morgan fingerprint density at radius 2 is 0.800 bits per heavy atom. The van der Waals surface area contributed by atoms with Gasteiger partial charge in [0.25, 0.3) is 0 Å². The van der Waals surface area contributed by atoms with Gasteiger partial charge in [0.2, 0.25) is 0 Å². The van der Waals surface area contributed by atoms with Crippen LogP contribution >= 0.6 is 0 Å². The van der Waals surface area contributed by atoms with Crippen molar-refractivity contribution in [2.24, 2.45) is 0 Å². The van der Waals surface area contributed by atoms with Crippen LogP contribution in [0.25, 0.3) is 0 Å². The Balaban J connectivity index is 0. The molecule has 3 fully saturated rings. The molecule has 0 atom stereocenters. The fourth-order valence-electron chi connectivity index (χ4n) is 1.15. The zero-order valence-corrected chi connectivity index (χ0v) is 16.2. The first-order valence-corrected chi connectivity index (χ1v) is 6.91. The van der Waals surface area contributed by atoms with Gasteiger partial charge in [0.05, 0.1) is 0 Å². The van der Waals surface area contributed by atoms with Crippen molar-refractivity contribution >= 4 is 0 Å². The third-order valence-electron chi connectivity index (χ3n) is 1.94. The Hall–Kier alpha value is 1.31. The van der Waals surface area contributed by atoms with Gasteiger partial charge >= 0.3 is 0 Å². The predicted octanol–water partition coefficient (Wildman–Crippen LogP) is 4.46. The van der Waals surface area contributed by atoms with E-state index < -0.39 is 0 Å². The largest absolute Gasteiger partial charge is 0.381 e. The van der Waals surface area contributed by atoms with Crippen molar-refractivity contribution in [3.63, 3.8) is 0 Å². The van der Waals surface area contributed by atoms with E-state index in [9.17, 15) is 0 Å². The van der Waals surface area contributed by atoms with Crippen LogP contribution in [0, 0.1) is 111 Å². The molecule has 0 aromatic rings. The van der Waals surface area contributed by atoms with Crippen molar-refractivity contribution in [1.82, 2.24) is 0 Å². The molecule has 1 heterocycles. The SMILES string of the molecule is C1CCOC1.C[C-](C)C.[CH]1[CH][CH][CH][CH]1.[CH]1[CH][CH][CH][CH]1.[Nd]. The summed E-state index contributed by atoms with van der Waals surface area (Å²) in [4.78, 5) is 0. The van der Waals surface area contributed by atoms with E-state index in [-0.39, 0.29) is 40.8 Å². The Kier molecular flexibility index (Phi) is 23.9. The second kappa shape index (κ2) is 20.3. The minimum atomic E-state index is 0. The van der Waals surface area contributed by atoms with Crippen LogP contribution in [0.3, 0.4) is 0 Å². The molecule has 3 aliphatic rings. The normalized spacial score (nSPS) is 19.8. The second-order valence-corrected chi connectivity index (χ2v) is 4.74. The van der Waals surface area contributed by atoms with Crippen LogP contribution in [0.1, 0.15) is 33.6 Å².